The van der Waals surface area contributed by atoms with Crippen molar-refractivity contribution in [2.45, 2.75) is 38.6 Å². The Morgan fingerprint density at radius 1 is 1.04 bits per heavy atom. The first-order chi connectivity index (χ1) is 12.2. The fourth-order valence-corrected chi connectivity index (χ4v) is 2.62. The van der Waals surface area contributed by atoms with E-state index in [0.29, 0.717) is 11.3 Å². The molecule has 2 aromatic rings. The van der Waals surface area contributed by atoms with Crippen LogP contribution in [0.5, 0.6) is 5.75 Å². The number of nitrogens with one attached hydrogen (secondary N) is 1. The summed E-state index contributed by atoms with van der Waals surface area (Å²) in [6.07, 6.45) is -0.295. The molecular weight excluding hydrogens is 330 g/mol. The summed E-state index contributed by atoms with van der Waals surface area (Å²) in [4.78, 5) is 23.6. The minimum atomic E-state index is -1.22. The summed E-state index contributed by atoms with van der Waals surface area (Å²) < 4.78 is 5.07. The molecule has 0 aliphatic carbocycles. The maximum absolute atomic E-state index is 12.5. The van der Waals surface area contributed by atoms with Gasteiger partial charge in [0.05, 0.1) is 13.2 Å². The molecule has 0 saturated heterocycles. The lowest BCUT2D eigenvalue weighted by Gasteiger charge is -2.23. The zero-order valence-corrected chi connectivity index (χ0v) is 15.5. The van der Waals surface area contributed by atoms with Crippen LogP contribution in [0.15, 0.2) is 48.5 Å². The lowest BCUT2D eigenvalue weighted by atomic mass is 9.86. The molecule has 5 nitrogen and oxygen atoms in total. The summed E-state index contributed by atoms with van der Waals surface area (Å²) in [5.41, 5.74) is 2.29. The average Bonchev–Trinajstić information content (AvgIpc) is 2.60. The first-order valence-corrected chi connectivity index (χ1v) is 8.46. The van der Waals surface area contributed by atoms with Crippen molar-refractivity contribution in [2.24, 2.45) is 0 Å². The highest BCUT2D eigenvalue weighted by Crippen LogP contribution is 2.25. The molecule has 0 aliphatic rings. The number of carbonyl (C=O) groups is 2. The number of aliphatic carboxylic acids is 1. The van der Waals surface area contributed by atoms with Crippen molar-refractivity contribution >= 4 is 11.9 Å². The van der Waals surface area contributed by atoms with Crippen molar-refractivity contribution < 1.29 is 19.4 Å². The van der Waals surface area contributed by atoms with Gasteiger partial charge >= 0.3 is 0 Å². The Labute approximate surface area is 154 Å². The van der Waals surface area contributed by atoms with Crippen molar-refractivity contribution in [1.29, 1.82) is 0 Å². The topological polar surface area (TPSA) is 78.5 Å². The quantitative estimate of drug-likeness (QED) is 0.865. The highest BCUT2D eigenvalue weighted by atomic mass is 16.5. The van der Waals surface area contributed by atoms with Crippen LogP contribution in [-0.2, 0) is 10.2 Å². The maximum atomic E-state index is 12.5. The Morgan fingerprint density at radius 3 is 2.08 bits per heavy atom. The van der Waals surface area contributed by atoms with E-state index in [1.807, 2.05) is 24.3 Å². The van der Waals surface area contributed by atoms with E-state index in [2.05, 4.69) is 26.1 Å². The monoisotopic (exact) mass is 354 g/mol. The zero-order chi connectivity index (χ0) is 19.3. The van der Waals surface area contributed by atoms with Gasteiger partial charge in [-0.05, 0) is 40.8 Å². The first kappa shape index (κ1) is 19.5. The molecule has 138 valence electrons. The van der Waals surface area contributed by atoms with Crippen molar-refractivity contribution in [1.82, 2.24) is 5.32 Å². The van der Waals surface area contributed by atoms with Gasteiger partial charge in [0, 0.05) is 18.0 Å². The van der Waals surface area contributed by atoms with Crippen molar-refractivity contribution in [3.8, 4) is 5.75 Å². The summed E-state index contributed by atoms with van der Waals surface area (Å²) >= 11 is 0. The molecule has 0 saturated carbocycles. The van der Waals surface area contributed by atoms with Gasteiger partial charge in [0.25, 0.3) is 5.91 Å². The summed E-state index contributed by atoms with van der Waals surface area (Å²) in [6, 6.07) is 13.6. The van der Waals surface area contributed by atoms with E-state index in [-0.39, 0.29) is 17.7 Å². The lowest BCUT2D eigenvalue weighted by Crippen LogP contribution is -2.34. The van der Waals surface area contributed by atoms with Crippen LogP contribution in [0.1, 0.15) is 54.7 Å². The van der Waals surface area contributed by atoms with Crippen molar-refractivity contribution in [3.05, 3.63) is 65.2 Å². The molecule has 0 fully saturated rings. The number of hydrogen-bond acceptors (Lipinski definition) is 4. The summed E-state index contributed by atoms with van der Waals surface area (Å²) in [5, 5.41) is 13.9. The van der Waals surface area contributed by atoms with E-state index >= 15 is 0 Å². The number of rotatable bonds is 6. The fourth-order valence-electron chi connectivity index (χ4n) is 2.62. The largest absolute Gasteiger partial charge is 0.550 e. The van der Waals surface area contributed by atoms with E-state index in [0.717, 1.165) is 11.1 Å². The SMILES string of the molecule is COc1ccc(C(=O)N[C@@H](CC(=O)[O-])c2ccc(C(C)(C)C)cc2)cc1. The first-order valence-electron chi connectivity index (χ1n) is 8.46. The van der Waals surface area contributed by atoms with Gasteiger partial charge in [-0.2, -0.15) is 0 Å². The van der Waals surface area contributed by atoms with Gasteiger partial charge in [-0.1, -0.05) is 45.0 Å². The van der Waals surface area contributed by atoms with Crippen LogP contribution in [0.25, 0.3) is 0 Å². The average molecular weight is 354 g/mol. The van der Waals surface area contributed by atoms with Crippen LogP contribution in [0.4, 0.5) is 0 Å². The van der Waals surface area contributed by atoms with Gasteiger partial charge in [-0.3, -0.25) is 4.79 Å². The molecule has 2 aromatic carbocycles. The van der Waals surface area contributed by atoms with E-state index < -0.39 is 12.0 Å². The molecule has 0 spiro atoms. The molecule has 1 amide bonds. The smallest absolute Gasteiger partial charge is 0.251 e. The van der Waals surface area contributed by atoms with Gasteiger partial charge < -0.3 is 20.0 Å². The van der Waals surface area contributed by atoms with Gasteiger partial charge in [0.2, 0.25) is 0 Å². The molecule has 0 radical (unpaired) electrons. The van der Waals surface area contributed by atoms with Crippen molar-refractivity contribution in [3.63, 3.8) is 0 Å². The molecule has 0 aromatic heterocycles. The number of benzene rings is 2. The minimum absolute atomic E-state index is 0.00524. The van der Waals surface area contributed by atoms with Crippen LogP contribution in [0.3, 0.4) is 0 Å². The molecule has 0 unspecified atom stereocenters. The van der Waals surface area contributed by atoms with Crippen LogP contribution >= 0.6 is 0 Å². The molecule has 2 rings (SSSR count). The number of methoxy groups -OCH3 is 1. The Morgan fingerprint density at radius 2 is 1.62 bits per heavy atom. The van der Waals surface area contributed by atoms with Crippen LogP contribution in [0, 0.1) is 0 Å². The predicted octanol–water partition coefficient (Wildman–Crippen LogP) is 2.60. The Hall–Kier alpha value is -2.82. The van der Waals surface area contributed by atoms with Crippen LogP contribution < -0.4 is 15.2 Å². The zero-order valence-electron chi connectivity index (χ0n) is 15.5. The fraction of sp³-hybridized carbons (Fsp3) is 0.333. The number of carboxylic acids is 1. The standard InChI is InChI=1S/C21H25NO4/c1-21(2,3)16-9-5-14(6-10-16)18(13-19(23)24)22-20(25)15-7-11-17(26-4)12-8-15/h5-12,18H,13H2,1-4H3,(H,22,25)(H,23,24)/p-1/t18-/m0/s1. The number of amides is 1. The van der Waals surface area contributed by atoms with E-state index in [9.17, 15) is 14.7 Å². The van der Waals surface area contributed by atoms with E-state index in [4.69, 9.17) is 4.74 Å². The van der Waals surface area contributed by atoms with Crippen LogP contribution in [-0.4, -0.2) is 19.0 Å². The van der Waals surface area contributed by atoms with Crippen molar-refractivity contribution in [2.75, 3.05) is 7.11 Å². The molecule has 0 aliphatic heterocycles. The van der Waals surface area contributed by atoms with E-state index in [1.54, 1.807) is 31.4 Å². The Balaban J connectivity index is 2.21. The highest BCUT2D eigenvalue weighted by Gasteiger charge is 2.18. The second kappa shape index (κ2) is 8.04. The maximum Gasteiger partial charge on any atom is 0.251 e. The van der Waals surface area contributed by atoms with Gasteiger partial charge in [0.1, 0.15) is 5.75 Å². The van der Waals surface area contributed by atoms with Crippen LogP contribution in [0.2, 0.25) is 0 Å². The molecule has 0 heterocycles. The Bertz CT molecular complexity index is 758. The third-order valence-corrected chi connectivity index (χ3v) is 4.21. The molecular formula is C21H24NO4-. The molecule has 1 N–H and O–H groups in total. The normalized spacial score (nSPS) is 12.3. The number of carboxylic acid groups (broad SMARTS) is 1. The van der Waals surface area contributed by atoms with Gasteiger partial charge in [-0.15, -0.1) is 0 Å². The second-order valence-corrected chi connectivity index (χ2v) is 7.20. The number of ether oxygens (including phenoxy) is 1. The lowest BCUT2D eigenvalue weighted by molar-refractivity contribution is -0.306. The van der Waals surface area contributed by atoms with E-state index in [1.165, 1.54) is 0 Å². The Kier molecular flexibility index (Phi) is 6.03. The highest BCUT2D eigenvalue weighted by molar-refractivity contribution is 5.94. The summed E-state index contributed by atoms with van der Waals surface area (Å²) in [7, 11) is 1.55. The molecule has 0 bridgehead atoms. The minimum Gasteiger partial charge on any atom is -0.550 e. The number of hydrogen-bond donors (Lipinski definition) is 1. The summed E-state index contributed by atoms with van der Waals surface area (Å²) in [5.74, 6) is -0.922. The predicted molar refractivity (Wildman–Crippen MR) is 98.0 cm³/mol. The second-order valence-electron chi connectivity index (χ2n) is 7.20. The molecule has 26 heavy (non-hydrogen) atoms. The molecule has 1 atom stereocenters. The van der Waals surface area contributed by atoms with Gasteiger partial charge in [0.15, 0.2) is 0 Å². The third-order valence-electron chi connectivity index (χ3n) is 4.21. The molecule has 5 heteroatoms. The number of carbonyl (C=O) groups excluding carboxylic acids is 2. The third kappa shape index (κ3) is 5.09. The summed E-state index contributed by atoms with van der Waals surface area (Å²) in [6.45, 7) is 6.31. The van der Waals surface area contributed by atoms with Gasteiger partial charge in [-0.25, -0.2) is 0 Å².